The van der Waals surface area contributed by atoms with Gasteiger partial charge in [-0.15, -0.1) is 0 Å². The van der Waals surface area contributed by atoms with Gasteiger partial charge in [-0.25, -0.2) is 9.55 Å². The summed E-state index contributed by atoms with van der Waals surface area (Å²) in [6.45, 7) is 1.97. The van der Waals surface area contributed by atoms with Crippen LogP contribution in [0.1, 0.15) is 5.69 Å². The number of rotatable bonds is 1. The highest BCUT2D eigenvalue weighted by Crippen LogP contribution is 1.80. The van der Waals surface area contributed by atoms with Gasteiger partial charge < -0.3 is 17.5 Å². The number of aliphatic hydroxyl groups is 1. The summed E-state index contributed by atoms with van der Waals surface area (Å²) in [6.07, 6.45) is 3.55. The van der Waals surface area contributed by atoms with E-state index in [2.05, 4.69) is 4.98 Å². The lowest BCUT2D eigenvalue weighted by Crippen LogP contribution is -3.00. The molecule has 1 rings (SSSR count). The third kappa shape index (κ3) is 1.69. The van der Waals surface area contributed by atoms with Gasteiger partial charge in [0.15, 0.2) is 6.73 Å². The summed E-state index contributed by atoms with van der Waals surface area (Å²) >= 11 is 0. The summed E-state index contributed by atoms with van der Waals surface area (Å²) in [4.78, 5) is 2.85. The topological polar surface area (TPSA) is 39.9 Å². The van der Waals surface area contributed by atoms with Crippen molar-refractivity contribution in [3.63, 3.8) is 0 Å². The van der Waals surface area contributed by atoms with Crippen molar-refractivity contribution in [3.8, 4) is 0 Å². The van der Waals surface area contributed by atoms with Crippen LogP contribution in [-0.2, 0) is 6.73 Å². The molecule has 1 heterocycles. The first kappa shape index (κ1) is 8.46. The molecular weight excluding hydrogens is 140 g/mol. The Labute approximate surface area is 59.7 Å². The lowest BCUT2D eigenvalue weighted by Gasteiger charge is -1.85. The number of hydrogen-bond donors (Lipinski definition) is 2. The zero-order chi connectivity index (χ0) is 5.98. The van der Waals surface area contributed by atoms with E-state index >= 15 is 0 Å². The molecule has 1 aromatic rings. The SMILES string of the molecule is Cc1c[nH]c[n+]1CO.[Cl-]. The molecule has 2 N–H and O–H groups in total. The number of aromatic amines is 1. The van der Waals surface area contributed by atoms with Crippen LogP contribution in [0.25, 0.3) is 0 Å². The second kappa shape index (κ2) is 3.48. The molecular formula is C5H9ClN2O. The van der Waals surface area contributed by atoms with Crippen LogP contribution in [0, 0.1) is 6.92 Å². The molecule has 0 saturated heterocycles. The van der Waals surface area contributed by atoms with Crippen molar-refractivity contribution in [2.75, 3.05) is 0 Å². The molecule has 0 bridgehead atoms. The summed E-state index contributed by atoms with van der Waals surface area (Å²) in [5.41, 5.74) is 1.03. The zero-order valence-electron chi connectivity index (χ0n) is 5.13. The van der Waals surface area contributed by atoms with E-state index < -0.39 is 0 Å². The number of aromatic nitrogens is 2. The van der Waals surface area contributed by atoms with Gasteiger partial charge in [0.25, 0.3) is 0 Å². The van der Waals surface area contributed by atoms with Crippen LogP contribution >= 0.6 is 0 Å². The van der Waals surface area contributed by atoms with Crippen molar-refractivity contribution < 1.29 is 22.1 Å². The highest BCUT2D eigenvalue weighted by Gasteiger charge is 1.97. The molecule has 0 aromatic carbocycles. The van der Waals surface area contributed by atoms with Gasteiger partial charge in [-0.3, -0.25) is 0 Å². The van der Waals surface area contributed by atoms with Crippen LogP contribution in [0.5, 0.6) is 0 Å². The smallest absolute Gasteiger partial charge is 0.243 e. The summed E-state index contributed by atoms with van der Waals surface area (Å²) in [6, 6.07) is 0. The van der Waals surface area contributed by atoms with Gasteiger partial charge in [-0.1, -0.05) is 0 Å². The van der Waals surface area contributed by atoms with Crippen molar-refractivity contribution in [2.24, 2.45) is 0 Å². The Hall–Kier alpha value is -0.540. The Morgan fingerprint density at radius 1 is 1.78 bits per heavy atom. The maximum Gasteiger partial charge on any atom is 0.243 e. The number of H-pyrrole nitrogens is 1. The van der Waals surface area contributed by atoms with Gasteiger partial charge in [0.1, 0.15) is 11.9 Å². The van der Waals surface area contributed by atoms with E-state index in [1.54, 1.807) is 10.9 Å². The van der Waals surface area contributed by atoms with Crippen LogP contribution < -0.4 is 17.0 Å². The molecule has 0 amide bonds. The highest BCUT2D eigenvalue weighted by atomic mass is 35.5. The molecule has 0 unspecified atom stereocenters. The molecule has 0 aliphatic carbocycles. The van der Waals surface area contributed by atoms with Gasteiger partial charge in [-0.05, 0) is 0 Å². The van der Waals surface area contributed by atoms with Crippen LogP contribution in [0.4, 0.5) is 0 Å². The molecule has 4 heteroatoms. The molecule has 0 spiro atoms. The first-order valence-corrected chi connectivity index (χ1v) is 2.48. The number of aryl methyl sites for hydroxylation is 1. The minimum absolute atomic E-state index is 0. The molecule has 3 nitrogen and oxygen atoms in total. The number of imidazole rings is 1. The Kier molecular flexibility index (Phi) is 3.27. The van der Waals surface area contributed by atoms with Crippen molar-refractivity contribution in [1.29, 1.82) is 0 Å². The Morgan fingerprint density at radius 2 is 2.44 bits per heavy atom. The first-order valence-electron chi connectivity index (χ1n) is 2.48. The molecule has 0 atom stereocenters. The van der Waals surface area contributed by atoms with E-state index in [1.807, 2.05) is 13.1 Å². The van der Waals surface area contributed by atoms with Crippen molar-refractivity contribution in [2.45, 2.75) is 13.7 Å². The van der Waals surface area contributed by atoms with Gasteiger partial charge in [0.2, 0.25) is 6.33 Å². The molecule has 9 heavy (non-hydrogen) atoms. The predicted octanol–water partition coefficient (Wildman–Crippen LogP) is -3.44. The van der Waals surface area contributed by atoms with E-state index in [1.165, 1.54) is 0 Å². The van der Waals surface area contributed by atoms with E-state index in [-0.39, 0.29) is 19.1 Å². The minimum Gasteiger partial charge on any atom is -1.00 e. The Morgan fingerprint density at radius 3 is 2.67 bits per heavy atom. The number of hydrogen-bond acceptors (Lipinski definition) is 1. The van der Waals surface area contributed by atoms with Crippen LogP contribution in [0.3, 0.4) is 0 Å². The fraction of sp³-hybridized carbons (Fsp3) is 0.400. The lowest BCUT2D eigenvalue weighted by atomic mass is 10.5. The van der Waals surface area contributed by atoms with Crippen molar-refractivity contribution in [3.05, 3.63) is 18.2 Å². The maximum atomic E-state index is 8.55. The first-order chi connectivity index (χ1) is 3.84. The molecule has 52 valence electrons. The number of halogens is 1. The van der Waals surface area contributed by atoms with Crippen molar-refractivity contribution >= 4 is 0 Å². The second-order valence-corrected chi connectivity index (χ2v) is 1.69. The van der Waals surface area contributed by atoms with E-state index in [0.29, 0.717) is 0 Å². The quantitative estimate of drug-likeness (QED) is 0.400. The average Bonchev–Trinajstić information content (AvgIpc) is 2.14. The number of nitrogens with one attached hydrogen (secondary N) is 1. The fourth-order valence-corrected chi connectivity index (χ4v) is 0.585. The molecule has 0 saturated carbocycles. The van der Waals surface area contributed by atoms with Gasteiger partial charge in [-0.2, -0.15) is 0 Å². The van der Waals surface area contributed by atoms with Crippen LogP contribution in [0.15, 0.2) is 12.5 Å². The normalized spacial score (nSPS) is 8.67. The summed E-state index contributed by atoms with van der Waals surface area (Å²) in [7, 11) is 0. The molecule has 0 radical (unpaired) electrons. The summed E-state index contributed by atoms with van der Waals surface area (Å²) < 4.78 is 1.71. The maximum absolute atomic E-state index is 8.55. The van der Waals surface area contributed by atoms with E-state index in [9.17, 15) is 0 Å². The third-order valence-corrected chi connectivity index (χ3v) is 1.13. The largest absolute Gasteiger partial charge is 1.00 e. The number of aliphatic hydroxyl groups excluding tert-OH is 1. The zero-order valence-corrected chi connectivity index (χ0v) is 5.89. The average molecular weight is 149 g/mol. The Balaban J connectivity index is 0.000000640. The van der Waals surface area contributed by atoms with E-state index in [0.717, 1.165) is 5.69 Å². The fourth-order valence-electron chi connectivity index (χ4n) is 0.585. The van der Waals surface area contributed by atoms with Gasteiger partial charge in [0, 0.05) is 6.92 Å². The number of nitrogens with zero attached hydrogens (tertiary/aromatic N) is 1. The summed E-state index contributed by atoms with van der Waals surface area (Å²) in [5, 5.41) is 8.55. The van der Waals surface area contributed by atoms with Crippen LogP contribution in [0.2, 0.25) is 0 Å². The molecule has 0 fully saturated rings. The van der Waals surface area contributed by atoms with Gasteiger partial charge >= 0.3 is 0 Å². The minimum atomic E-state index is 0. The predicted molar refractivity (Wildman–Crippen MR) is 27.9 cm³/mol. The standard InChI is InChI=1S/C5H8N2O.ClH/c1-5-2-6-3-7(5)4-8;/h2-3,8H,4H2,1H3;1H. The second-order valence-electron chi connectivity index (χ2n) is 1.69. The van der Waals surface area contributed by atoms with Crippen LogP contribution in [-0.4, -0.2) is 10.1 Å². The highest BCUT2D eigenvalue weighted by molar-refractivity contribution is 4.78. The molecule has 1 aromatic heterocycles. The molecule has 0 aliphatic heterocycles. The van der Waals surface area contributed by atoms with Gasteiger partial charge in [0.05, 0.1) is 0 Å². The summed E-state index contributed by atoms with van der Waals surface area (Å²) in [5.74, 6) is 0. The van der Waals surface area contributed by atoms with Crippen molar-refractivity contribution in [1.82, 2.24) is 4.98 Å². The molecule has 0 aliphatic rings. The Bertz CT molecular complexity index is 175. The van der Waals surface area contributed by atoms with E-state index in [4.69, 9.17) is 5.11 Å². The monoisotopic (exact) mass is 148 g/mol. The third-order valence-electron chi connectivity index (χ3n) is 1.13. The lowest BCUT2D eigenvalue weighted by molar-refractivity contribution is -0.733.